The molecule has 0 saturated heterocycles. The zero-order valence-electron chi connectivity index (χ0n) is 11.4. The fourth-order valence-corrected chi connectivity index (χ4v) is 4.29. The van der Waals surface area contributed by atoms with Gasteiger partial charge >= 0.3 is 0 Å². The van der Waals surface area contributed by atoms with Crippen molar-refractivity contribution in [2.24, 2.45) is 5.92 Å². The first-order valence-electron chi connectivity index (χ1n) is 6.89. The highest BCUT2D eigenvalue weighted by Crippen LogP contribution is 2.41. The molecule has 1 aliphatic rings. The molecule has 3 rings (SSSR count). The second-order valence-electron chi connectivity index (χ2n) is 5.30. The molecule has 0 radical (unpaired) electrons. The maximum absolute atomic E-state index is 12.6. The average molecular weight is 366 g/mol. The van der Waals surface area contributed by atoms with E-state index in [4.69, 9.17) is 0 Å². The Morgan fingerprint density at radius 2 is 1.76 bits per heavy atom. The second-order valence-corrected chi connectivity index (χ2v) is 7.93. The molecule has 0 bridgehead atoms. The second kappa shape index (κ2) is 5.91. The van der Waals surface area contributed by atoms with Crippen LogP contribution in [0.15, 0.2) is 64.0 Å². The monoisotopic (exact) mass is 365 g/mol. The summed E-state index contributed by atoms with van der Waals surface area (Å²) in [6, 6.07) is 16.4. The number of hydrogen-bond acceptors (Lipinski definition) is 2. The fourth-order valence-electron chi connectivity index (χ4n) is 2.40. The minimum Gasteiger partial charge on any atom is -0.207 e. The van der Waals surface area contributed by atoms with Crippen LogP contribution in [0.5, 0.6) is 0 Å². The van der Waals surface area contributed by atoms with Crippen LogP contribution in [-0.4, -0.2) is 8.42 Å². The lowest BCUT2D eigenvalue weighted by Crippen LogP contribution is -2.30. The molecule has 1 atom stereocenters. The molecule has 110 valence electrons. The number of benzene rings is 2. The maximum atomic E-state index is 12.6. The Bertz CT molecular complexity index is 727. The van der Waals surface area contributed by atoms with Crippen LogP contribution in [0.2, 0.25) is 0 Å². The average Bonchev–Trinajstić information content (AvgIpc) is 3.30. The first kappa shape index (κ1) is 14.8. The molecule has 5 heteroatoms. The number of rotatable bonds is 5. The minimum absolute atomic E-state index is 0.143. The van der Waals surface area contributed by atoms with Crippen LogP contribution in [0.25, 0.3) is 0 Å². The first-order chi connectivity index (χ1) is 10.1. The summed E-state index contributed by atoms with van der Waals surface area (Å²) in [5.41, 5.74) is 1.03. The molecule has 2 aromatic carbocycles. The molecular weight excluding hydrogens is 350 g/mol. The van der Waals surface area contributed by atoms with Crippen LogP contribution in [0.4, 0.5) is 0 Å². The first-order valence-corrected chi connectivity index (χ1v) is 9.17. The van der Waals surface area contributed by atoms with Crippen molar-refractivity contribution in [3.8, 4) is 0 Å². The molecule has 0 aliphatic heterocycles. The van der Waals surface area contributed by atoms with Gasteiger partial charge in [0.1, 0.15) is 0 Å². The predicted octanol–water partition coefficient (Wildman–Crippen LogP) is 3.88. The molecule has 0 amide bonds. The summed E-state index contributed by atoms with van der Waals surface area (Å²) in [4.78, 5) is 0.290. The number of nitrogens with one attached hydrogen (secondary N) is 1. The van der Waals surface area contributed by atoms with E-state index in [0.29, 0.717) is 10.8 Å². The van der Waals surface area contributed by atoms with Gasteiger partial charge in [-0.25, -0.2) is 13.1 Å². The van der Waals surface area contributed by atoms with E-state index in [1.807, 2.05) is 36.4 Å². The summed E-state index contributed by atoms with van der Waals surface area (Å²) in [5.74, 6) is 0.398. The molecule has 0 heterocycles. The number of sulfonamides is 1. The van der Waals surface area contributed by atoms with Crippen molar-refractivity contribution < 1.29 is 8.42 Å². The van der Waals surface area contributed by atoms with E-state index < -0.39 is 10.0 Å². The Kier molecular flexibility index (Phi) is 4.15. The van der Waals surface area contributed by atoms with Crippen LogP contribution in [0, 0.1) is 5.92 Å². The zero-order chi connectivity index (χ0) is 14.9. The van der Waals surface area contributed by atoms with Gasteiger partial charge in [-0.15, -0.1) is 0 Å². The Morgan fingerprint density at radius 3 is 2.38 bits per heavy atom. The number of halogens is 1. The molecule has 3 nitrogen and oxygen atoms in total. The lowest BCUT2D eigenvalue weighted by molar-refractivity contribution is 0.529. The summed E-state index contributed by atoms with van der Waals surface area (Å²) in [7, 11) is -3.52. The Morgan fingerprint density at radius 1 is 1.05 bits per heavy atom. The van der Waals surface area contributed by atoms with Gasteiger partial charge in [-0.2, -0.15) is 0 Å². The van der Waals surface area contributed by atoms with Gasteiger partial charge < -0.3 is 0 Å². The molecule has 21 heavy (non-hydrogen) atoms. The van der Waals surface area contributed by atoms with Crippen LogP contribution >= 0.6 is 15.9 Å². The van der Waals surface area contributed by atoms with E-state index >= 15 is 0 Å². The quantitative estimate of drug-likeness (QED) is 0.873. The minimum atomic E-state index is -3.52. The smallest absolute Gasteiger partial charge is 0.207 e. The molecule has 1 N–H and O–H groups in total. The summed E-state index contributed by atoms with van der Waals surface area (Å²) in [6.45, 7) is 0. The van der Waals surface area contributed by atoms with Crippen molar-refractivity contribution in [3.63, 3.8) is 0 Å². The van der Waals surface area contributed by atoms with Gasteiger partial charge in [-0.3, -0.25) is 0 Å². The molecular formula is C16H16BrNO2S. The maximum Gasteiger partial charge on any atom is 0.241 e. The van der Waals surface area contributed by atoms with E-state index in [0.717, 1.165) is 22.9 Å². The van der Waals surface area contributed by atoms with Gasteiger partial charge in [-0.05, 0) is 42.5 Å². The lowest BCUT2D eigenvalue weighted by Gasteiger charge is -2.19. The molecule has 0 unspecified atom stereocenters. The van der Waals surface area contributed by atoms with Crippen LogP contribution in [-0.2, 0) is 10.0 Å². The van der Waals surface area contributed by atoms with E-state index in [9.17, 15) is 8.42 Å². The number of hydrogen-bond donors (Lipinski definition) is 1. The molecule has 0 spiro atoms. The van der Waals surface area contributed by atoms with Gasteiger partial charge in [0.2, 0.25) is 10.0 Å². The highest BCUT2D eigenvalue weighted by molar-refractivity contribution is 9.10. The molecule has 1 fully saturated rings. The molecule has 1 aliphatic carbocycles. The zero-order valence-corrected chi connectivity index (χ0v) is 13.8. The van der Waals surface area contributed by atoms with Crippen molar-refractivity contribution in [1.82, 2.24) is 4.72 Å². The van der Waals surface area contributed by atoms with Crippen molar-refractivity contribution >= 4 is 26.0 Å². The van der Waals surface area contributed by atoms with Gasteiger partial charge in [-0.1, -0.05) is 52.3 Å². The molecule has 2 aromatic rings. The summed E-state index contributed by atoms with van der Waals surface area (Å²) in [5, 5.41) is 0. The fraction of sp³-hybridized carbons (Fsp3) is 0.250. The van der Waals surface area contributed by atoms with E-state index in [1.165, 1.54) is 0 Å². The standard InChI is InChI=1S/C16H16BrNO2S/c17-14-7-4-8-15(11-14)21(19,20)18-16(13-9-10-13)12-5-2-1-3-6-12/h1-8,11,13,16,18H,9-10H2/t16-/m0/s1. The van der Waals surface area contributed by atoms with Crippen molar-refractivity contribution in [3.05, 3.63) is 64.6 Å². The van der Waals surface area contributed by atoms with E-state index in [-0.39, 0.29) is 6.04 Å². The highest BCUT2D eigenvalue weighted by atomic mass is 79.9. The Labute approximate surface area is 133 Å². The summed E-state index contributed by atoms with van der Waals surface area (Å²) < 4.78 is 28.8. The van der Waals surface area contributed by atoms with Gasteiger partial charge in [0.25, 0.3) is 0 Å². The third kappa shape index (κ3) is 3.54. The molecule has 0 aromatic heterocycles. The third-order valence-electron chi connectivity index (χ3n) is 3.64. The topological polar surface area (TPSA) is 46.2 Å². The van der Waals surface area contributed by atoms with Crippen molar-refractivity contribution in [1.29, 1.82) is 0 Å². The van der Waals surface area contributed by atoms with Crippen LogP contribution in [0.1, 0.15) is 24.4 Å². The van der Waals surface area contributed by atoms with Crippen LogP contribution in [0.3, 0.4) is 0 Å². The normalized spacial score (nSPS) is 16.6. The van der Waals surface area contributed by atoms with Gasteiger partial charge in [0.15, 0.2) is 0 Å². The highest BCUT2D eigenvalue weighted by Gasteiger charge is 2.35. The van der Waals surface area contributed by atoms with Crippen molar-refractivity contribution in [2.45, 2.75) is 23.8 Å². The predicted molar refractivity (Wildman–Crippen MR) is 86.4 cm³/mol. The summed E-state index contributed by atoms with van der Waals surface area (Å²) >= 11 is 3.31. The third-order valence-corrected chi connectivity index (χ3v) is 5.57. The van der Waals surface area contributed by atoms with Crippen molar-refractivity contribution in [2.75, 3.05) is 0 Å². The molecule has 1 saturated carbocycles. The Hall–Kier alpha value is -1.17. The SMILES string of the molecule is O=S(=O)(N[C@@H](c1ccccc1)C1CC1)c1cccc(Br)c1. The van der Waals surface area contributed by atoms with E-state index in [2.05, 4.69) is 20.7 Å². The van der Waals surface area contributed by atoms with Crippen LogP contribution < -0.4 is 4.72 Å². The van der Waals surface area contributed by atoms with Gasteiger partial charge in [0, 0.05) is 10.5 Å². The Balaban J connectivity index is 1.89. The summed E-state index contributed by atoms with van der Waals surface area (Å²) in [6.07, 6.45) is 2.14. The van der Waals surface area contributed by atoms with E-state index in [1.54, 1.807) is 18.2 Å². The lowest BCUT2D eigenvalue weighted by atomic mass is 10.0. The largest absolute Gasteiger partial charge is 0.241 e. The van der Waals surface area contributed by atoms with Gasteiger partial charge in [0.05, 0.1) is 4.90 Å².